The third-order valence-electron chi connectivity index (χ3n) is 5.40. The van der Waals surface area contributed by atoms with Crippen LogP contribution in [-0.2, 0) is 0 Å². The van der Waals surface area contributed by atoms with Crippen molar-refractivity contribution in [2.24, 2.45) is 5.92 Å². The van der Waals surface area contributed by atoms with Gasteiger partial charge in [0.25, 0.3) is 0 Å². The van der Waals surface area contributed by atoms with Crippen molar-refractivity contribution in [1.29, 1.82) is 0 Å². The summed E-state index contributed by atoms with van der Waals surface area (Å²) in [6.07, 6.45) is 7.08. The molecule has 1 heterocycles. The van der Waals surface area contributed by atoms with Crippen molar-refractivity contribution < 1.29 is 0 Å². The average molecular weight is 307 g/mol. The standard InChI is InChI=1S/C18H27ClN2/c1-2-15-6-8-17(9-7-15)20-10-12-21(13-11-20)18-5-3-4-16(19)14-18/h3-5,14-15,17H,2,6-13H2,1H3. The number of rotatable bonds is 3. The van der Waals surface area contributed by atoms with Gasteiger partial charge in [-0.2, -0.15) is 0 Å². The van der Waals surface area contributed by atoms with Crippen molar-refractivity contribution in [3.63, 3.8) is 0 Å². The van der Waals surface area contributed by atoms with E-state index in [1.807, 2.05) is 6.07 Å². The van der Waals surface area contributed by atoms with Gasteiger partial charge in [-0.25, -0.2) is 0 Å². The van der Waals surface area contributed by atoms with E-state index in [1.165, 1.54) is 50.9 Å². The lowest BCUT2D eigenvalue weighted by molar-refractivity contribution is 0.128. The van der Waals surface area contributed by atoms with Crippen LogP contribution < -0.4 is 4.90 Å². The molecule has 1 aliphatic carbocycles. The third kappa shape index (κ3) is 3.73. The highest BCUT2D eigenvalue weighted by Crippen LogP contribution is 2.30. The number of benzene rings is 1. The van der Waals surface area contributed by atoms with Gasteiger partial charge in [0.2, 0.25) is 0 Å². The van der Waals surface area contributed by atoms with Crippen LogP contribution in [-0.4, -0.2) is 37.1 Å². The first-order valence-electron chi connectivity index (χ1n) is 8.51. The molecule has 0 radical (unpaired) electrons. The molecule has 2 fully saturated rings. The lowest BCUT2D eigenvalue weighted by Crippen LogP contribution is -2.51. The zero-order valence-corrected chi connectivity index (χ0v) is 13.9. The number of nitrogens with zero attached hydrogens (tertiary/aromatic N) is 2. The highest BCUT2D eigenvalue weighted by Gasteiger charge is 2.27. The second-order valence-electron chi connectivity index (χ2n) is 6.59. The minimum absolute atomic E-state index is 0.841. The van der Waals surface area contributed by atoms with E-state index in [9.17, 15) is 0 Å². The molecule has 1 aromatic rings. The van der Waals surface area contributed by atoms with Gasteiger partial charge in [0.05, 0.1) is 0 Å². The molecule has 1 aromatic carbocycles. The fourth-order valence-corrected chi connectivity index (χ4v) is 4.12. The zero-order chi connectivity index (χ0) is 14.7. The van der Waals surface area contributed by atoms with Crippen LogP contribution in [0.1, 0.15) is 39.0 Å². The third-order valence-corrected chi connectivity index (χ3v) is 5.63. The Kier molecular flexibility index (Phi) is 5.07. The minimum Gasteiger partial charge on any atom is -0.369 e. The van der Waals surface area contributed by atoms with Crippen LogP contribution >= 0.6 is 11.6 Å². The summed E-state index contributed by atoms with van der Waals surface area (Å²) < 4.78 is 0. The molecule has 0 atom stereocenters. The van der Waals surface area contributed by atoms with Crippen LogP contribution in [0.2, 0.25) is 5.02 Å². The molecule has 0 bridgehead atoms. The second-order valence-corrected chi connectivity index (χ2v) is 7.02. The molecule has 116 valence electrons. The predicted molar refractivity (Wildman–Crippen MR) is 91.3 cm³/mol. The van der Waals surface area contributed by atoms with E-state index in [2.05, 4.69) is 34.9 Å². The van der Waals surface area contributed by atoms with E-state index in [0.717, 1.165) is 30.1 Å². The Balaban J connectivity index is 1.51. The molecule has 1 aliphatic heterocycles. The molecule has 21 heavy (non-hydrogen) atoms. The first kappa shape index (κ1) is 15.2. The highest BCUT2D eigenvalue weighted by atomic mass is 35.5. The molecule has 0 spiro atoms. The maximum atomic E-state index is 6.10. The molecule has 0 unspecified atom stereocenters. The van der Waals surface area contributed by atoms with Gasteiger partial charge >= 0.3 is 0 Å². The largest absolute Gasteiger partial charge is 0.369 e. The molecular formula is C18H27ClN2. The van der Waals surface area contributed by atoms with Crippen LogP contribution in [0, 0.1) is 5.92 Å². The maximum absolute atomic E-state index is 6.10. The van der Waals surface area contributed by atoms with Crippen LogP contribution in [0.15, 0.2) is 24.3 Å². The molecule has 1 saturated carbocycles. The molecule has 0 amide bonds. The summed E-state index contributed by atoms with van der Waals surface area (Å²) in [6.45, 7) is 7.01. The van der Waals surface area contributed by atoms with Crippen molar-refractivity contribution in [3.05, 3.63) is 29.3 Å². The second kappa shape index (κ2) is 7.02. The van der Waals surface area contributed by atoms with Crippen LogP contribution in [0.25, 0.3) is 0 Å². The van der Waals surface area contributed by atoms with Crippen LogP contribution in [0.4, 0.5) is 5.69 Å². The fourth-order valence-electron chi connectivity index (χ4n) is 3.94. The summed E-state index contributed by atoms with van der Waals surface area (Å²) in [5.74, 6) is 0.994. The summed E-state index contributed by atoms with van der Waals surface area (Å²) in [6, 6.07) is 9.11. The Morgan fingerprint density at radius 3 is 2.38 bits per heavy atom. The number of hydrogen-bond donors (Lipinski definition) is 0. The number of halogens is 1. The van der Waals surface area contributed by atoms with E-state index in [0.29, 0.717) is 0 Å². The van der Waals surface area contributed by atoms with Crippen molar-refractivity contribution in [2.45, 2.75) is 45.1 Å². The Labute approximate surface area is 134 Å². The van der Waals surface area contributed by atoms with Gasteiger partial charge in [0, 0.05) is 42.9 Å². The molecule has 2 nitrogen and oxygen atoms in total. The number of piperazine rings is 1. The first-order chi connectivity index (χ1) is 10.3. The Morgan fingerprint density at radius 1 is 1.05 bits per heavy atom. The van der Waals surface area contributed by atoms with Gasteiger partial charge in [0.15, 0.2) is 0 Å². The quantitative estimate of drug-likeness (QED) is 0.815. The topological polar surface area (TPSA) is 6.48 Å². The van der Waals surface area contributed by atoms with Gasteiger partial charge in [0.1, 0.15) is 0 Å². The maximum Gasteiger partial charge on any atom is 0.0426 e. The summed E-state index contributed by atoms with van der Waals surface area (Å²) in [5, 5.41) is 0.841. The zero-order valence-electron chi connectivity index (χ0n) is 13.1. The summed E-state index contributed by atoms with van der Waals surface area (Å²) >= 11 is 6.10. The molecule has 0 N–H and O–H groups in total. The van der Waals surface area contributed by atoms with Gasteiger partial charge in [-0.15, -0.1) is 0 Å². The number of anilines is 1. The number of hydrogen-bond acceptors (Lipinski definition) is 2. The lowest BCUT2D eigenvalue weighted by Gasteiger charge is -2.42. The monoisotopic (exact) mass is 306 g/mol. The fraction of sp³-hybridized carbons (Fsp3) is 0.667. The van der Waals surface area contributed by atoms with Crippen molar-refractivity contribution in [1.82, 2.24) is 4.90 Å². The molecular weight excluding hydrogens is 280 g/mol. The molecule has 3 rings (SSSR count). The SMILES string of the molecule is CCC1CCC(N2CCN(c3cccc(Cl)c3)CC2)CC1. The normalized spacial score (nSPS) is 27.8. The van der Waals surface area contributed by atoms with Gasteiger partial charge in [-0.3, -0.25) is 4.90 Å². The lowest BCUT2D eigenvalue weighted by atomic mass is 9.84. The van der Waals surface area contributed by atoms with E-state index in [-0.39, 0.29) is 0 Å². The highest BCUT2D eigenvalue weighted by molar-refractivity contribution is 6.30. The molecule has 1 saturated heterocycles. The van der Waals surface area contributed by atoms with Crippen LogP contribution in [0.3, 0.4) is 0 Å². The van der Waals surface area contributed by atoms with E-state index in [1.54, 1.807) is 0 Å². The predicted octanol–water partition coefficient (Wildman–Crippen LogP) is 4.43. The van der Waals surface area contributed by atoms with Gasteiger partial charge < -0.3 is 4.90 Å². The van der Waals surface area contributed by atoms with Crippen molar-refractivity contribution >= 4 is 17.3 Å². The van der Waals surface area contributed by atoms with Gasteiger partial charge in [-0.1, -0.05) is 31.0 Å². The van der Waals surface area contributed by atoms with Crippen molar-refractivity contribution in [2.75, 3.05) is 31.1 Å². The van der Waals surface area contributed by atoms with E-state index < -0.39 is 0 Å². The summed E-state index contributed by atoms with van der Waals surface area (Å²) in [4.78, 5) is 5.20. The van der Waals surface area contributed by atoms with Crippen molar-refractivity contribution in [3.8, 4) is 0 Å². The summed E-state index contributed by atoms with van der Waals surface area (Å²) in [5.41, 5.74) is 1.27. The molecule has 2 aliphatic rings. The molecule has 3 heteroatoms. The van der Waals surface area contributed by atoms with Crippen LogP contribution in [0.5, 0.6) is 0 Å². The average Bonchev–Trinajstić information content (AvgIpc) is 2.55. The Morgan fingerprint density at radius 2 is 1.76 bits per heavy atom. The Bertz CT molecular complexity index is 446. The first-order valence-corrected chi connectivity index (χ1v) is 8.88. The minimum atomic E-state index is 0.841. The van der Waals surface area contributed by atoms with E-state index in [4.69, 9.17) is 11.6 Å². The smallest absolute Gasteiger partial charge is 0.0426 e. The van der Waals surface area contributed by atoms with E-state index >= 15 is 0 Å². The Hall–Kier alpha value is -0.730. The molecule has 0 aromatic heterocycles. The van der Waals surface area contributed by atoms with Gasteiger partial charge in [-0.05, 0) is 49.8 Å². The summed E-state index contributed by atoms with van der Waals surface area (Å²) in [7, 11) is 0.